The molecule has 0 amide bonds. The minimum Gasteiger partial charge on any atom is -0.244 e. The third-order valence-electron chi connectivity index (χ3n) is 4.21. The Morgan fingerprint density at radius 1 is 1.33 bits per heavy atom. The van der Waals surface area contributed by atoms with Crippen molar-refractivity contribution in [2.75, 3.05) is 19.3 Å². The molecule has 0 aliphatic carbocycles. The summed E-state index contributed by atoms with van der Waals surface area (Å²) in [4.78, 5) is 4.26. The summed E-state index contributed by atoms with van der Waals surface area (Å²) >= 11 is 6.08. The molecular weight excluding hydrogens is 304 g/mol. The molecule has 5 heteroatoms. The minimum atomic E-state index is -0.871. The fourth-order valence-electron chi connectivity index (χ4n) is 2.96. The van der Waals surface area contributed by atoms with Crippen LogP contribution in [-0.2, 0) is 11.0 Å². The number of halogens is 1. The molecule has 1 aromatic carbocycles. The number of benzene rings is 1. The first kappa shape index (κ1) is 14.9. The predicted octanol–water partition coefficient (Wildman–Crippen LogP) is 3.70. The van der Waals surface area contributed by atoms with Gasteiger partial charge in [-0.05, 0) is 28.5 Å². The van der Waals surface area contributed by atoms with Gasteiger partial charge in [-0.2, -0.15) is 0 Å². The highest BCUT2D eigenvalue weighted by atomic mass is 35.5. The first-order valence-corrected chi connectivity index (χ1v) is 9.03. The third-order valence-corrected chi connectivity index (χ3v) is 5.44. The highest BCUT2D eigenvalue weighted by Crippen LogP contribution is 2.36. The molecule has 2 aromatic rings. The van der Waals surface area contributed by atoms with E-state index in [0.717, 1.165) is 13.1 Å². The minimum absolute atomic E-state index is 0.431. The van der Waals surface area contributed by atoms with Crippen LogP contribution in [0.4, 0.5) is 0 Å². The summed E-state index contributed by atoms with van der Waals surface area (Å²) in [5.74, 6) is 0.877. The number of rotatable bonds is 3. The standard InChI is InChI=1S/C16H19ClN2OS/c1-10(2)12-4-5-13(11-8-19(9-11)21(3)20)15-7-18-16(17)6-14(12)15/h4-7,10-11H,8-9H2,1-3H3. The highest BCUT2D eigenvalue weighted by Gasteiger charge is 2.31. The van der Waals surface area contributed by atoms with Crippen molar-refractivity contribution in [1.82, 2.24) is 9.29 Å². The van der Waals surface area contributed by atoms with E-state index in [1.807, 2.05) is 16.6 Å². The molecule has 1 saturated heterocycles. The van der Waals surface area contributed by atoms with Crippen molar-refractivity contribution in [2.45, 2.75) is 25.7 Å². The second kappa shape index (κ2) is 5.67. The SMILES string of the molecule is CC(C)c1ccc(C2CN(S(C)=O)C2)c2cnc(Cl)cc12. The highest BCUT2D eigenvalue weighted by molar-refractivity contribution is 7.81. The van der Waals surface area contributed by atoms with Gasteiger partial charge in [0.15, 0.2) is 0 Å². The molecule has 1 aromatic heterocycles. The summed E-state index contributed by atoms with van der Waals surface area (Å²) in [7, 11) is -0.871. The smallest absolute Gasteiger partial charge is 0.129 e. The summed E-state index contributed by atoms with van der Waals surface area (Å²) in [6.07, 6.45) is 3.61. The van der Waals surface area contributed by atoms with Crippen LogP contribution >= 0.6 is 11.6 Å². The molecule has 1 atom stereocenters. The lowest BCUT2D eigenvalue weighted by Gasteiger charge is -2.38. The second-order valence-corrected chi connectivity index (χ2v) is 7.67. The van der Waals surface area contributed by atoms with E-state index in [0.29, 0.717) is 17.0 Å². The van der Waals surface area contributed by atoms with Gasteiger partial charge in [0.1, 0.15) is 5.15 Å². The molecule has 3 nitrogen and oxygen atoms in total. The fraction of sp³-hybridized carbons (Fsp3) is 0.438. The quantitative estimate of drug-likeness (QED) is 0.807. The maximum atomic E-state index is 11.5. The molecule has 112 valence electrons. The Morgan fingerprint density at radius 3 is 2.67 bits per heavy atom. The number of nitrogens with zero attached hydrogens (tertiary/aromatic N) is 2. The number of aromatic nitrogens is 1. The fourth-order valence-corrected chi connectivity index (χ4v) is 3.90. The number of pyridine rings is 1. The summed E-state index contributed by atoms with van der Waals surface area (Å²) in [6, 6.07) is 6.36. The Bertz CT molecular complexity index is 711. The largest absolute Gasteiger partial charge is 0.244 e. The van der Waals surface area contributed by atoms with Crippen LogP contribution in [0, 0.1) is 0 Å². The van der Waals surface area contributed by atoms with Crippen LogP contribution in [0.2, 0.25) is 5.15 Å². The normalized spacial score (nSPS) is 18.1. The van der Waals surface area contributed by atoms with Gasteiger partial charge in [-0.15, -0.1) is 0 Å². The molecule has 1 unspecified atom stereocenters. The van der Waals surface area contributed by atoms with Gasteiger partial charge in [0, 0.05) is 36.8 Å². The average Bonchev–Trinajstić information content (AvgIpc) is 2.35. The van der Waals surface area contributed by atoms with Crippen molar-refractivity contribution in [3.05, 3.63) is 40.7 Å². The Balaban J connectivity index is 2.05. The molecule has 1 aliphatic rings. The second-order valence-electron chi connectivity index (χ2n) is 5.92. The Hall–Kier alpha value is -0.970. The van der Waals surface area contributed by atoms with E-state index in [1.165, 1.54) is 21.9 Å². The molecule has 0 N–H and O–H groups in total. The van der Waals surface area contributed by atoms with Crippen LogP contribution in [0.5, 0.6) is 0 Å². The summed E-state index contributed by atoms with van der Waals surface area (Å²) in [5, 5.41) is 2.90. The van der Waals surface area contributed by atoms with Crippen LogP contribution in [0.3, 0.4) is 0 Å². The molecule has 0 spiro atoms. The Morgan fingerprint density at radius 2 is 2.05 bits per heavy atom. The lowest BCUT2D eigenvalue weighted by molar-refractivity contribution is 0.281. The molecule has 0 radical (unpaired) electrons. The molecule has 1 fully saturated rings. The van der Waals surface area contributed by atoms with Gasteiger partial charge >= 0.3 is 0 Å². The molecule has 2 heterocycles. The van der Waals surface area contributed by atoms with Crippen molar-refractivity contribution in [1.29, 1.82) is 0 Å². The first-order chi connectivity index (χ1) is 9.97. The monoisotopic (exact) mass is 322 g/mol. The summed E-state index contributed by atoms with van der Waals surface area (Å²) < 4.78 is 13.4. The Kier molecular flexibility index (Phi) is 4.04. The van der Waals surface area contributed by atoms with E-state index in [4.69, 9.17) is 11.6 Å². The van der Waals surface area contributed by atoms with Crippen LogP contribution in [-0.4, -0.2) is 32.8 Å². The molecule has 3 rings (SSSR count). The number of hydrogen-bond donors (Lipinski definition) is 0. The van der Waals surface area contributed by atoms with Crippen molar-refractivity contribution in [3.63, 3.8) is 0 Å². The van der Waals surface area contributed by atoms with Gasteiger partial charge in [0.2, 0.25) is 0 Å². The van der Waals surface area contributed by atoms with Gasteiger partial charge in [-0.25, -0.2) is 13.5 Å². The Labute approximate surface area is 132 Å². The van der Waals surface area contributed by atoms with Gasteiger partial charge < -0.3 is 0 Å². The lowest BCUT2D eigenvalue weighted by Crippen LogP contribution is -2.45. The zero-order valence-corrected chi connectivity index (χ0v) is 14.0. The van der Waals surface area contributed by atoms with Crippen LogP contribution in [0.15, 0.2) is 24.4 Å². The maximum Gasteiger partial charge on any atom is 0.129 e. The molecule has 0 bridgehead atoms. The topological polar surface area (TPSA) is 33.2 Å². The van der Waals surface area contributed by atoms with E-state index in [2.05, 4.69) is 31.0 Å². The zero-order valence-electron chi connectivity index (χ0n) is 12.5. The summed E-state index contributed by atoms with van der Waals surface area (Å²) in [6.45, 7) is 6.08. The van der Waals surface area contributed by atoms with Gasteiger partial charge in [0.25, 0.3) is 0 Å². The first-order valence-electron chi connectivity index (χ1n) is 7.14. The van der Waals surface area contributed by atoms with Crippen LogP contribution in [0.1, 0.15) is 36.8 Å². The van der Waals surface area contributed by atoms with E-state index in [1.54, 1.807) is 6.26 Å². The van der Waals surface area contributed by atoms with Crippen molar-refractivity contribution >= 4 is 33.4 Å². The van der Waals surface area contributed by atoms with Gasteiger partial charge in [-0.3, -0.25) is 0 Å². The molecule has 21 heavy (non-hydrogen) atoms. The predicted molar refractivity (Wildman–Crippen MR) is 89.2 cm³/mol. The van der Waals surface area contributed by atoms with E-state index < -0.39 is 11.0 Å². The van der Waals surface area contributed by atoms with Crippen LogP contribution < -0.4 is 0 Å². The van der Waals surface area contributed by atoms with Crippen molar-refractivity contribution in [3.8, 4) is 0 Å². The van der Waals surface area contributed by atoms with Crippen LogP contribution in [0.25, 0.3) is 10.8 Å². The van der Waals surface area contributed by atoms with E-state index >= 15 is 0 Å². The lowest BCUT2D eigenvalue weighted by atomic mass is 9.86. The molecule has 0 saturated carbocycles. The number of hydrogen-bond acceptors (Lipinski definition) is 2. The van der Waals surface area contributed by atoms with Gasteiger partial charge in [-0.1, -0.05) is 37.6 Å². The maximum absolute atomic E-state index is 11.5. The van der Waals surface area contributed by atoms with Crippen molar-refractivity contribution < 1.29 is 4.21 Å². The number of fused-ring (bicyclic) bond motifs is 1. The van der Waals surface area contributed by atoms with Gasteiger partial charge in [0.05, 0.1) is 11.0 Å². The van der Waals surface area contributed by atoms with E-state index in [9.17, 15) is 4.21 Å². The third kappa shape index (κ3) is 2.72. The van der Waals surface area contributed by atoms with E-state index in [-0.39, 0.29) is 0 Å². The summed E-state index contributed by atoms with van der Waals surface area (Å²) in [5.41, 5.74) is 2.59. The van der Waals surface area contributed by atoms with Crippen molar-refractivity contribution in [2.24, 2.45) is 0 Å². The molecular formula is C16H19ClN2OS. The zero-order chi connectivity index (χ0) is 15.1. The molecule has 1 aliphatic heterocycles. The average molecular weight is 323 g/mol.